The number of halogens is 2. The minimum atomic E-state index is -3.07. The van der Waals surface area contributed by atoms with Crippen molar-refractivity contribution in [2.24, 2.45) is 0 Å². The van der Waals surface area contributed by atoms with E-state index in [1.54, 1.807) is 6.92 Å². The molecule has 5 nitrogen and oxygen atoms in total. The van der Waals surface area contributed by atoms with Gasteiger partial charge in [0.05, 0.1) is 6.04 Å². The maximum atomic E-state index is 12.3. The van der Waals surface area contributed by atoms with Crippen molar-refractivity contribution in [2.45, 2.75) is 19.6 Å². The molecule has 2 rings (SSSR count). The Morgan fingerprint density at radius 1 is 1.04 bits per heavy atom. The van der Waals surface area contributed by atoms with Crippen LogP contribution in [0.3, 0.4) is 0 Å². The number of hydrogen-bond acceptors (Lipinski definition) is 4. The van der Waals surface area contributed by atoms with Gasteiger partial charge in [-0.15, -0.1) is 0 Å². The SMILES string of the molecule is C[C@@H](NC(=O)COC(=O)c1ccccc1OC(F)F)c1ccccc1. The maximum absolute atomic E-state index is 12.3. The van der Waals surface area contributed by atoms with E-state index in [0.717, 1.165) is 5.56 Å². The molecule has 0 unspecified atom stereocenters. The van der Waals surface area contributed by atoms with E-state index in [4.69, 9.17) is 4.74 Å². The third-order valence-electron chi connectivity index (χ3n) is 3.33. The van der Waals surface area contributed by atoms with Gasteiger partial charge in [-0.3, -0.25) is 4.79 Å². The molecule has 132 valence electrons. The molecule has 0 aromatic heterocycles. The molecular formula is C18H17F2NO4. The zero-order valence-corrected chi connectivity index (χ0v) is 13.4. The molecule has 1 amide bonds. The normalized spacial score (nSPS) is 11.7. The molecule has 0 fully saturated rings. The highest BCUT2D eigenvalue weighted by Gasteiger charge is 2.18. The molecule has 0 saturated carbocycles. The number of para-hydroxylation sites is 1. The lowest BCUT2D eigenvalue weighted by atomic mass is 10.1. The van der Waals surface area contributed by atoms with Gasteiger partial charge < -0.3 is 14.8 Å². The second kappa shape index (κ2) is 8.77. The number of hydrogen-bond donors (Lipinski definition) is 1. The molecule has 2 aromatic rings. The lowest BCUT2D eigenvalue weighted by Crippen LogP contribution is -2.31. The number of carbonyl (C=O) groups is 2. The van der Waals surface area contributed by atoms with Crippen LogP contribution in [0.25, 0.3) is 0 Å². The number of rotatable bonds is 7. The van der Waals surface area contributed by atoms with Crippen molar-refractivity contribution in [3.63, 3.8) is 0 Å². The molecule has 0 bridgehead atoms. The summed E-state index contributed by atoms with van der Waals surface area (Å²) in [6.45, 7) is -1.80. The Hall–Kier alpha value is -2.96. The minimum Gasteiger partial charge on any atom is -0.452 e. The summed E-state index contributed by atoms with van der Waals surface area (Å²) in [4.78, 5) is 23.9. The molecule has 25 heavy (non-hydrogen) atoms. The Labute approximate surface area is 143 Å². The third kappa shape index (κ3) is 5.56. The van der Waals surface area contributed by atoms with Gasteiger partial charge in [-0.2, -0.15) is 8.78 Å². The van der Waals surface area contributed by atoms with Crippen molar-refractivity contribution < 1.29 is 27.8 Å². The number of ether oxygens (including phenoxy) is 2. The molecule has 0 spiro atoms. The van der Waals surface area contributed by atoms with Crippen LogP contribution in [-0.4, -0.2) is 25.1 Å². The first-order chi connectivity index (χ1) is 12.0. The summed E-state index contributed by atoms with van der Waals surface area (Å²) in [6.07, 6.45) is 0. The summed E-state index contributed by atoms with van der Waals surface area (Å²) in [6, 6.07) is 14.4. The summed E-state index contributed by atoms with van der Waals surface area (Å²) in [7, 11) is 0. The number of nitrogens with one attached hydrogen (secondary N) is 1. The van der Waals surface area contributed by atoms with Gasteiger partial charge in [0, 0.05) is 0 Å². The molecule has 0 aliphatic heterocycles. The van der Waals surface area contributed by atoms with E-state index >= 15 is 0 Å². The van der Waals surface area contributed by atoms with E-state index in [-0.39, 0.29) is 17.4 Å². The third-order valence-corrected chi connectivity index (χ3v) is 3.33. The van der Waals surface area contributed by atoms with Gasteiger partial charge in [0.25, 0.3) is 5.91 Å². The highest BCUT2D eigenvalue weighted by molar-refractivity contribution is 5.94. The zero-order chi connectivity index (χ0) is 18.2. The van der Waals surface area contributed by atoms with E-state index in [1.807, 2.05) is 30.3 Å². The van der Waals surface area contributed by atoms with E-state index in [1.165, 1.54) is 24.3 Å². The predicted octanol–water partition coefficient (Wildman–Crippen LogP) is 3.32. The maximum Gasteiger partial charge on any atom is 0.387 e. The number of benzene rings is 2. The summed E-state index contributed by atoms with van der Waals surface area (Å²) in [5.74, 6) is -1.73. The highest BCUT2D eigenvalue weighted by atomic mass is 19.3. The van der Waals surface area contributed by atoms with Crippen LogP contribution in [0.4, 0.5) is 8.78 Å². The van der Waals surface area contributed by atoms with Gasteiger partial charge in [-0.1, -0.05) is 42.5 Å². The Kier molecular flexibility index (Phi) is 6.45. The fourth-order valence-corrected chi connectivity index (χ4v) is 2.15. The monoisotopic (exact) mass is 349 g/mol. The van der Waals surface area contributed by atoms with E-state index in [0.29, 0.717) is 0 Å². The molecule has 7 heteroatoms. The number of amides is 1. The molecule has 0 radical (unpaired) electrons. The fourth-order valence-electron chi connectivity index (χ4n) is 2.15. The van der Waals surface area contributed by atoms with Crippen LogP contribution in [0.5, 0.6) is 5.75 Å². The van der Waals surface area contributed by atoms with Crippen molar-refractivity contribution >= 4 is 11.9 Å². The summed E-state index contributed by atoms with van der Waals surface area (Å²) in [5, 5.41) is 2.68. The first-order valence-corrected chi connectivity index (χ1v) is 7.52. The number of carbonyl (C=O) groups excluding carboxylic acids is 2. The Balaban J connectivity index is 1.90. The lowest BCUT2D eigenvalue weighted by Gasteiger charge is -2.14. The van der Waals surface area contributed by atoms with E-state index < -0.39 is 25.1 Å². The number of alkyl halides is 2. The Bertz CT molecular complexity index is 722. The van der Waals surface area contributed by atoms with Crippen LogP contribution in [0.2, 0.25) is 0 Å². The van der Waals surface area contributed by atoms with Crippen LogP contribution >= 0.6 is 0 Å². The van der Waals surface area contributed by atoms with Crippen molar-refractivity contribution in [1.29, 1.82) is 0 Å². The van der Waals surface area contributed by atoms with Crippen LogP contribution in [-0.2, 0) is 9.53 Å². The van der Waals surface area contributed by atoms with Crippen LogP contribution in [0.1, 0.15) is 28.9 Å². The molecule has 0 aliphatic rings. The standard InChI is InChI=1S/C18H17F2NO4/c1-12(13-7-3-2-4-8-13)21-16(22)11-24-17(23)14-9-5-6-10-15(14)25-18(19)20/h2-10,12,18H,11H2,1H3,(H,21,22)/t12-/m1/s1. The fraction of sp³-hybridized carbons (Fsp3) is 0.222. The Morgan fingerprint density at radius 2 is 1.68 bits per heavy atom. The van der Waals surface area contributed by atoms with Gasteiger partial charge in [0.2, 0.25) is 0 Å². The minimum absolute atomic E-state index is 0.174. The molecule has 1 N–H and O–H groups in total. The topological polar surface area (TPSA) is 64.6 Å². The van der Waals surface area contributed by atoms with Crippen molar-refractivity contribution in [3.05, 3.63) is 65.7 Å². The second-order valence-corrected chi connectivity index (χ2v) is 5.15. The van der Waals surface area contributed by atoms with Gasteiger partial charge in [-0.05, 0) is 24.6 Å². The summed E-state index contributed by atoms with van der Waals surface area (Å²) < 4.78 is 33.8. The second-order valence-electron chi connectivity index (χ2n) is 5.15. The van der Waals surface area contributed by atoms with Crippen LogP contribution in [0.15, 0.2) is 54.6 Å². The van der Waals surface area contributed by atoms with Crippen LogP contribution < -0.4 is 10.1 Å². The molecule has 1 atom stereocenters. The van der Waals surface area contributed by atoms with Gasteiger partial charge in [0.15, 0.2) is 6.61 Å². The summed E-state index contributed by atoms with van der Waals surface area (Å²) in [5.41, 5.74) is 0.726. The smallest absolute Gasteiger partial charge is 0.387 e. The van der Waals surface area contributed by atoms with Crippen molar-refractivity contribution in [3.8, 4) is 5.75 Å². The molecule has 2 aromatic carbocycles. The largest absolute Gasteiger partial charge is 0.452 e. The first-order valence-electron chi connectivity index (χ1n) is 7.52. The van der Waals surface area contributed by atoms with Gasteiger partial charge in [0.1, 0.15) is 11.3 Å². The van der Waals surface area contributed by atoms with E-state index in [2.05, 4.69) is 10.1 Å². The van der Waals surface area contributed by atoms with Gasteiger partial charge in [-0.25, -0.2) is 4.79 Å². The zero-order valence-electron chi connectivity index (χ0n) is 13.4. The first kappa shape index (κ1) is 18.4. The summed E-state index contributed by atoms with van der Waals surface area (Å²) >= 11 is 0. The molecule has 0 saturated heterocycles. The average Bonchev–Trinajstić information content (AvgIpc) is 2.60. The molecule has 0 aliphatic carbocycles. The lowest BCUT2D eigenvalue weighted by molar-refractivity contribution is -0.124. The van der Waals surface area contributed by atoms with Gasteiger partial charge >= 0.3 is 12.6 Å². The van der Waals surface area contributed by atoms with Crippen molar-refractivity contribution in [2.75, 3.05) is 6.61 Å². The average molecular weight is 349 g/mol. The van der Waals surface area contributed by atoms with E-state index in [9.17, 15) is 18.4 Å². The van der Waals surface area contributed by atoms with Crippen LogP contribution in [0, 0.1) is 0 Å². The van der Waals surface area contributed by atoms with Crippen molar-refractivity contribution in [1.82, 2.24) is 5.32 Å². The quantitative estimate of drug-likeness (QED) is 0.779. The Morgan fingerprint density at radius 3 is 2.36 bits per heavy atom. The predicted molar refractivity (Wildman–Crippen MR) is 86.4 cm³/mol. The molecule has 0 heterocycles. The molecular weight excluding hydrogens is 332 g/mol. The highest BCUT2D eigenvalue weighted by Crippen LogP contribution is 2.21. The number of esters is 1.